The van der Waals surface area contributed by atoms with Crippen molar-refractivity contribution in [1.82, 2.24) is 15.3 Å². The van der Waals surface area contributed by atoms with Gasteiger partial charge in [-0.1, -0.05) is 0 Å². The molecule has 0 aliphatic heterocycles. The topological polar surface area (TPSA) is 106 Å². The number of hydrogen-bond acceptors (Lipinski definition) is 6. The molecule has 0 saturated heterocycles. The third-order valence-corrected chi connectivity index (χ3v) is 3.41. The quantitative estimate of drug-likeness (QED) is 0.706. The zero-order chi connectivity index (χ0) is 18.4. The van der Waals surface area contributed by atoms with E-state index in [9.17, 15) is 9.59 Å². The van der Waals surface area contributed by atoms with Crippen molar-refractivity contribution in [3.05, 3.63) is 67.0 Å². The van der Waals surface area contributed by atoms with E-state index in [1.807, 2.05) is 0 Å². The molecule has 0 bridgehead atoms. The summed E-state index contributed by atoms with van der Waals surface area (Å²) in [6.45, 7) is 1.60. The Hall–Kier alpha value is -3.68. The predicted molar refractivity (Wildman–Crippen MR) is 92.8 cm³/mol. The van der Waals surface area contributed by atoms with Gasteiger partial charge in [-0.25, -0.2) is 4.98 Å². The van der Waals surface area contributed by atoms with E-state index in [2.05, 4.69) is 20.6 Å². The summed E-state index contributed by atoms with van der Waals surface area (Å²) in [5.74, 6) is 0.211. The number of nitrogens with zero attached hydrogens (tertiary/aromatic N) is 2. The number of carbonyl (C=O) groups excluding carboxylic acids is 2. The molecule has 0 fully saturated rings. The second kappa shape index (κ2) is 7.93. The molecule has 2 heterocycles. The molecule has 0 aliphatic carbocycles. The molecule has 1 aromatic carbocycles. The summed E-state index contributed by atoms with van der Waals surface area (Å²) in [4.78, 5) is 32.0. The van der Waals surface area contributed by atoms with Crippen LogP contribution in [0, 0.1) is 0 Å². The molecule has 2 aromatic heterocycles. The second-order valence-electron chi connectivity index (χ2n) is 5.37. The molecule has 1 atom stereocenters. The molecule has 1 unspecified atom stereocenters. The van der Waals surface area contributed by atoms with Crippen LogP contribution in [-0.2, 0) is 4.79 Å². The van der Waals surface area contributed by atoms with Crippen molar-refractivity contribution in [2.24, 2.45) is 0 Å². The van der Waals surface area contributed by atoms with Crippen molar-refractivity contribution in [3.8, 4) is 11.6 Å². The Morgan fingerprint density at radius 2 is 1.96 bits per heavy atom. The SMILES string of the molecule is CC(NC(=O)c1ccoc1)C(=O)Nc1ccc(Oc2cnccn2)cc1. The van der Waals surface area contributed by atoms with Gasteiger partial charge in [0.25, 0.3) is 5.91 Å². The van der Waals surface area contributed by atoms with Crippen LogP contribution in [-0.4, -0.2) is 27.8 Å². The minimum absolute atomic E-state index is 0.343. The number of ether oxygens (including phenoxy) is 1. The number of amides is 2. The van der Waals surface area contributed by atoms with Gasteiger partial charge in [0.05, 0.1) is 18.0 Å². The normalized spacial score (nSPS) is 11.4. The van der Waals surface area contributed by atoms with Gasteiger partial charge in [0.2, 0.25) is 11.8 Å². The summed E-state index contributed by atoms with van der Waals surface area (Å²) in [5, 5.41) is 5.32. The molecule has 2 amide bonds. The maximum atomic E-state index is 12.2. The first kappa shape index (κ1) is 17.2. The molecule has 132 valence electrons. The molecular formula is C18H16N4O4. The summed E-state index contributed by atoms with van der Waals surface area (Å²) in [6.07, 6.45) is 7.29. The zero-order valence-electron chi connectivity index (χ0n) is 13.9. The molecule has 0 spiro atoms. The van der Waals surface area contributed by atoms with E-state index in [4.69, 9.17) is 9.15 Å². The molecule has 3 rings (SSSR count). The summed E-state index contributed by atoms with van der Waals surface area (Å²) in [6, 6.07) is 7.57. The van der Waals surface area contributed by atoms with Gasteiger partial charge in [0.1, 0.15) is 18.1 Å². The molecule has 8 nitrogen and oxygen atoms in total. The maximum absolute atomic E-state index is 12.2. The Balaban J connectivity index is 1.54. The third kappa shape index (κ3) is 4.44. The lowest BCUT2D eigenvalue weighted by atomic mass is 10.2. The minimum atomic E-state index is -0.715. The van der Waals surface area contributed by atoms with Crippen molar-refractivity contribution < 1.29 is 18.7 Å². The Labute approximate surface area is 149 Å². The largest absolute Gasteiger partial charge is 0.472 e. The fraction of sp³-hybridized carbons (Fsp3) is 0.111. The molecule has 8 heteroatoms. The van der Waals surface area contributed by atoms with Crippen LogP contribution >= 0.6 is 0 Å². The highest BCUT2D eigenvalue weighted by atomic mass is 16.5. The zero-order valence-corrected chi connectivity index (χ0v) is 13.9. The van der Waals surface area contributed by atoms with E-state index in [0.717, 1.165) is 0 Å². The van der Waals surface area contributed by atoms with Crippen LogP contribution in [0.4, 0.5) is 5.69 Å². The van der Waals surface area contributed by atoms with Gasteiger partial charge in [-0.2, -0.15) is 0 Å². The van der Waals surface area contributed by atoms with Crippen LogP contribution < -0.4 is 15.4 Å². The number of anilines is 1. The lowest BCUT2D eigenvalue weighted by molar-refractivity contribution is -0.117. The van der Waals surface area contributed by atoms with Crippen LogP contribution in [0.2, 0.25) is 0 Å². The van der Waals surface area contributed by atoms with Crippen molar-refractivity contribution in [2.75, 3.05) is 5.32 Å². The Bertz CT molecular complexity index is 864. The number of nitrogens with one attached hydrogen (secondary N) is 2. The predicted octanol–water partition coefficient (Wildman–Crippen LogP) is 2.62. The van der Waals surface area contributed by atoms with E-state index < -0.39 is 6.04 Å². The summed E-state index contributed by atoms with van der Waals surface area (Å²) < 4.78 is 10.4. The van der Waals surface area contributed by atoms with Crippen molar-refractivity contribution in [2.45, 2.75) is 13.0 Å². The lowest BCUT2D eigenvalue weighted by Gasteiger charge is -2.14. The van der Waals surface area contributed by atoms with E-state index in [0.29, 0.717) is 22.9 Å². The first-order chi connectivity index (χ1) is 12.6. The molecule has 0 radical (unpaired) electrons. The average molecular weight is 352 g/mol. The molecule has 0 saturated carbocycles. The molecule has 0 aliphatic rings. The molecule has 3 aromatic rings. The average Bonchev–Trinajstić information content (AvgIpc) is 3.19. The summed E-state index contributed by atoms with van der Waals surface area (Å²) in [7, 11) is 0. The van der Waals surface area contributed by atoms with E-state index in [1.54, 1.807) is 37.4 Å². The van der Waals surface area contributed by atoms with Crippen molar-refractivity contribution >= 4 is 17.5 Å². The molecule has 26 heavy (non-hydrogen) atoms. The van der Waals surface area contributed by atoms with Gasteiger partial charge in [0.15, 0.2) is 0 Å². The summed E-state index contributed by atoms with van der Waals surface area (Å²) >= 11 is 0. The van der Waals surface area contributed by atoms with Crippen LogP contribution in [0.5, 0.6) is 11.6 Å². The highest BCUT2D eigenvalue weighted by molar-refractivity contribution is 6.00. The van der Waals surface area contributed by atoms with Crippen molar-refractivity contribution in [3.63, 3.8) is 0 Å². The van der Waals surface area contributed by atoms with E-state index in [1.165, 1.54) is 31.0 Å². The highest BCUT2D eigenvalue weighted by Crippen LogP contribution is 2.20. The Kier molecular flexibility index (Phi) is 5.23. The number of rotatable bonds is 6. The van der Waals surface area contributed by atoms with E-state index >= 15 is 0 Å². The van der Waals surface area contributed by atoms with Crippen LogP contribution in [0.15, 0.2) is 65.9 Å². The van der Waals surface area contributed by atoms with Gasteiger partial charge >= 0.3 is 0 Å². The third-order valence-electron chi connectivity index (χ3n) is 3.41. The highest BCUT2D eigenvalue weighted by Gasteiger charge is 2.17. The van der Waals surface area contributed by atoms with Gasteiger partial charge in [-0.3, -0.25) is 14.6 Å². The lowest BCUT2D eigenvalue weighted by Crippen LogP contribution is -2.41. The van der Waals surface area contributed by atoms with Gasteiger partial charge < -0.3 is 19.8 Å². The number of carbonyl (C=O) groups is 2. The number of aromatic nitrogens is 2. The van der Waals surface area contributed by atoms with Crippen molar-refractivity contribution in [1.29, 1.82) is 0 Å². The first-order valence-corrected chi connectivity index (χ1v) is 7.79. The van der Waals surface area contributed by atoms with Crippen LogP contribution in [0.3, 0.4) is 0 Å². The summed E-state index contributed by atoms with van der Waals surface area (Å²) in [5.41, 5.74) is 0.932. The number of furan rings is 1. The number of benzene rings is 1. The number of hydrogen-bond donors (Lipinski definition) is 2. The van der Waals surface area contributed by atoms with Crippen LogP contribution in [0.25, 0.3) is 0 Å². The molecule has 2 N–H and O–H groups in total. The van der Waals surface area contributed by atoms with Gasteiger partial charge in [-0.05, 0) is 37.3 Å². The van der Waals surface area contributed by atoms with E-state index in [-0.39, 0.29) is 11.8 Å². The monoisotopic (exact) mass is 352 g/mol. The Morgan fingerprint density at radius 3 is 2.62 bits per heavy atom. The standard InChI is InChI=1S/C18H16N4O4/c1-12(21-18(24)13-6-9-25-11-13)17(23)22-14-2-4-15(5-3-14)26-16-10-19-7-8-20-16/h2-12H,1H3,(H,21,24)(H,22,23). The van der Waals surface area contributed by atoms with Gasteiger partial charge in [-0.15, -0.1) is 0 Å². The fourth-order valence-electron chi connectivity index (χ4n) is 2.05. The van der Waals surface area contributed by atoms with Crippen LogP contribution in [0.1, 0.15) is 17.3 Å². The first-order valence-electron chi connectivity index (χ1n) is 7.79. The smallest absolute Gasteiger partial charge is 0.255 e. The maximum Gasteiger partial charge on any atom is 0.255 e. The second-order valence-corrected chi connectivity index (χ2v) is 5.37. The van der Waals surface area contributed by atoms with Gasteiger partial charge in [0, 0.05) is 18.1 Å². The fourth-order valence-corrected chi connectivity index (χ4v) is 2.05. The Morgan fingerprint density at radius 1 is 1.15 bits per heavy atom. The molecular weight excluding hydrogens is 336 g/mol. The minimum Gasteiger partial charge on any atom is -0.472 e.